The summed E-state index contributed by atoms with van der Waals surface area (Å²) in [6, 6.07) is 9.70. The average molecular weight is 244 g/mol. The summed E-state index contributed by atoms with van der Waals surface area (Å²) in [7, 11) is 1.84. The Labute approximate surface area is 106 Å². The minimum absolute atomic E-state index is 0.0200. The van der Waals surface area contributed by atoms with Gasteiger partial charge in [0.05, 0.1) is 6.04 Å². The zero-order chi connectivity index (χ0) is 13.0. The molecule has 2 aromatic rings. The van der Waals surface area contributed by atoms with Crippen LogP contribution in [0.5, 0.6) is 0 Å². The maximum atomic E-state index is 5.68. The van der Waals surface area contributed by atoms with Crippen LogP contribution in [0.25, 0.3) is 0 Å². The van der Waals surface area contributed by atoms with Gasteiger partial charge in [0.25, 0.3) is 0 Å². The van der Waals surface area contributed by atoms with Crippen LogP contribution in [-0.4, -0.2) is 22.0 Å². The Kier molecular flexibility index (Phi) is 3.69. The fourth-order valence-corrected chi connectivity index (χ4v) is 1.44. The Morgan fingerprint density at radius 3 is 2.50 bits per heavy atom. The van der Waals surface area contributed by atoms with Gasteiger partial charge in [0.2, 0.25) is 11.9 Å². The molecule has 0 saturated heterocycles. The number of nitrogens with zero attached hydrogens (tertiary/aromatic N) is 3. The number of aromatic nitrogens is 3. The zero-order valence-corrected chi connectivity index (χ0v) is 10.4. The molecule has 0 amide bonds. The minimum Gasteiger partial charge on any atom is -0.368 e. The van der Waals surface area contributed by atoms with Crippen molar-refractivity contribution in [3.8, 4) is 0 Å². The molecule has 1 atom stereocenters. The second kappa shape index (κ2) is 5.42. The van der Waals surface area contributed by atoms with Crippen LogP contribution in [0.3, 0.4) is 0 Å². The maximum Gasteiger partial charge on any atom is 0.232 e. The molecule has 0 aliphatic rings. The van der Waals surface area contributed by atoms with E-state index >= 15 is 0 Å². The van der Waals surface area contributed by atoms with Crippen LogP contribution in [0.2, 0.25) is 0 Å². The van der Waals surface area contributed by atoms with Crippen molar-refractivity contribution in [1.82, 2.24) is 20.3 Å². The molecule has 1 heterocycles. The molecule has 2 rings (SSSR count). The highest BCUT2D eigenvalue weighted by atomic mass is 15.2. The molecule has 0 radical (unpaired) electrons. The number of hydrogen-bond acceptors (Lipinski definition) is 6. The molecule has 0 spiro atoms. The molecule has 1 aromatic heterocycles. The molecular formula is C12H16N6. The number of para-hydroxylation sites is 1. The number of rotatable bonds is 4. The second-order valence-corrected chi connectivity index (χ2v) is 3.88. The summed E-state index contributed by atoms with van der Waals surface area (Å²) in [5, 5.41) is 6.16. The third-order valence-corrected chi connectivity index (χ3v) is 2.52. The van der Waals surface area contributed by atoms with Gasteiger partial charge < -0.3 is 16.4 Å². The van der Waals surface area contributed by atoms with Crippen LogP contribution in [0, 0.1) is 0 Å². The van der Waals surface area contributed by atoms with Crippen molar-refractivity contribution in [2.24, 2.45) is 0 Å². The summed E-state index contributed by atoms with van der Waals surface area (Å²) in [6.07, 6.45) is 0. The Morgan fingerprint density at radius 2 is 1.83 bits per heavy atom. The molecule has 1 unspecified atom stereocenters. The SMILES string of the molecule is CNC(C)c1nc(N)nc(Nc2ccccc2)n1. The monoisotopic (exact) mass is 244 g/mol. The van der Waals surface area contributed by atoms with Gasteiger partial charge in [-0.05, 0) is 26.1 Å². The van der Waals surface area contributed by atoms with Gasteiger partial charge in [-0.25, -0.2) is 0 Å². The first-order chi connectivity index (χ1) is 8.69. The lowest BCUT2D eigenvalue weighted by Gasteiger charge is -2.11. The zero-order valence-electron chi connectivity index (χ0n) is 10.4. The highest BCUT2D eigenvalue weighted by Gasteiger charge is 2.10. The molecule has 0 bridgehead atoms. The molecule has 1 aromatic carbocycles. The fraction of sp³-hybridized carbons (Fsp3) is 0.250. The summed E-state index contributed by atoms with van der Waals surface area (Å²) in [4.78, 5) is 12.5. The van der Waals surface area contributed by atoms with Crippen LogP contribution >= 0.6 is 0 Å². The third kappa shape index (κ3) is 2.92. The lowest BCUT2D eigenvalue weighted by atomic mass is 10.3. The van der Waals surface area contributed by atoms with Gasteiger partial charge in [0, 0.05) is 5.69 Å². The van der Waals surface area contributed by atoms with Crippen molar-refractivity contribution in [2.75, 3.05) is 18.1 Å². The van der Waals surface area contributed by atoms with E-state index in [-0.39, 0.29) is 12.0 Å². The van der Waals surface area contributed by atoms with E-state index in [0.717, 1.165) is 5.69 Å². The van der Waals surface area contributed by atoms with Crippen LogP contribution in [0.15, 0.2) is 30.3 Å². The Hall–Kier alpha value is -2.21. The summed E-state index contributed by atoms with van der Waals surface area (Å²) in [6.45, 7) is 1.96. The van der Waals surface area contributed by atoms with Crippen LogP contribution in [-0.2, 0) is 0 Å². The molecule has 18 heavy (non-hydrogen) atoms. The highest BCUT2D eigenvalue weighted by molar-refractivity contribution is 5.53. The number of nitrogens with one attached hydrogen (secondary N) is 2. The van der Waals surface area contributed by atoms with Gasteiger partial charge in [-0.3, -0.25) is 0 Å². The first-order valence-electron chi connectivity index (χ1n) is 5.70. The van der Waals surface area contributed by atoms with Gasteiger partial charge in [0.1, 0.15) is 0 Å². The molecule has 0 aliphatic heterocycles. The molecule has 0 saturated carbocycles. The van der Waals surface area contributed by atoms with Gasteiger partial charge in [-0.2, -0.15) is 15.0 Å². The van der Waals surface area contributed by atoms with Gasteiger partial charge in [0.15, 0.2) is 5.82 Å². The molecule has 0 fully saturated rings. The maximum absolute atomic E-state index is 5.68. The summed E-state index contributed by atoms with van der Waals surface area (Å²) >= 11 is 0. The molecule has 6 nitrogen and oxygen atoms in total. The van der Waals surface area contributed by atoms with Gasteiger partial charge in [-0.15, -0.1) is 0 Å². The predicted octanol–water partition coefficient (Wildman–Crippen LogP) is 1.48. The number of benzene rings is 1. The molecule has 6 heteroatoms. The molecular weight excluding hydrogens is 228 g/mol. The third-order valence-electron chi connectivity index (χ3n) is 2.52. The number of nitrogens with two attached hydrogens (primary N) is 1. The van der Waals surface area contributed by atoms with Crippen molar-refractivity contribution in [3.63, 3.8) is 0 Å². The van der Waals surface area contributed by atoms with Gasteiger partial charge >= 0.3 is 0 Å². The fourth-order valence-electron chi connectivity index (χ4n) is 1.44. The lowest BCUT2D eigenvalue weighted by molar-refractivity contribution is 0.609. The van der Waals surface area contributed by atoms with Crippen LogP contribution in [0.1, 0.15) is 18.8 Å². The molecule has 94 valence electrons. The van der Waals surface area contributed by atoms with E-state index in [4.69, 9.17) is 5.73 Å². The Bertz CT molecular complexity index is 513. The lowest BCUT2D eigenvalue weighted by Crippen LogP contribution is -2.18. The Morgan fingerprint density at radius 1 is 1.11 bits per heavy atom. The van der Waals surface area contributed by atoms with Crippen molar-refractivity contribution in [1.29, 1.82) is 0 Å². The van der Waals surface area contributed by atoms with Crippen molar-refractivity contribution < 1.29 is 0 Å². The van der Waals surface area contributed by atoms with Crippen molar-refractivity contribution in [2.45, 2.75) is 13.0 Å². The summed E-state index contributed by atoms with van der Waals surface area (Å²) < 4.78 is 0. The average Bonchev–Trinajstić information content (AvgIpc) is 2.38. The highest BCUT2D eigenvalue weighted by Crippen LogP contribution is 2.14. The first-order valence-corrected chi connectivity index (χ1v) is 5.70. The van der Waals surface area contributed by atoms with Crippen molar-refractivity contribution in [3.05, 3.63) is 36.2 Å². The Balaban J connectivity index is 2.26. The van der Waals surface area contributed by atoms with Gasteiger partial charge in [-0.1, -0.05) is 18.2 Å². The second-order valence-electron chi connectivity index (χ2n) is 3.88. The molecule has 0 aliphatic carbocycles. The van der Waals surface area contributed by atoms with E-state index in [1.54, 1.807) is 0 Å². The normalized spacial score (nSPS) is 12.1. The largest absolute Gasteiger partial charge is 0.368 e. The minimum atomic E-state index is 0.0200. The van der Waals surface area contributed by atoms with E-state index in [0.29, 0.717) is 11.8 Å². The van der Waals surface area contributed by atoms with E-state index in [1.165, 1.54) is 0 Å². The summed E-state index contributed by atoms with van der Waals surface area (Å²) in [5.41, 5.74) is 6.58. The van der Waals surface area contributed by atoms with Crippen LogP contribution < -0.4 is 16.4 Å². The molecule has 4 N–H and O–H groups in total. The quantitative estimate of drug-likeness (QED) is 0.755. The number of hydrogen-bond donors (Lipinski definition) is 3. The van der Waals surface area contributed by atoms with E-state index < -0.39 is 0 Å². The predicted molar refractivity (Wildman–Crippen MR) is 71.4 cm³/mol. The summed E-state index contributed by atoms with van der Waals surface area (Å²) in [5.74, 6) is 1.27. The first kappa shape index (κ1) is 12.3. The number of nitrogen functional groups attached to an aromatic ring is 1. The number of anilines is 3. The van der Waals surface area contributed by atoms with Crippen LogP contribution in [0.4, 0.5) is 17.6 Å². The van der Waals surface area contributed by atoms with E-state index in [2.05, 4.69) is 25.6 Å². The standard InChI is InChI=1S/C12H16N6/c1-8(14-2)10-16-11(13)18-12(17-10)15-9-6-4-3-5-7-9/h3-8,14H,1-2H3,(H3,13,15,16,17,18). The smallest absolute Gasteiger partial charge is 0.232 e. The topological polar surface area (TPSA) is 88.8 Å². The van der Waals surface area contributed by atoms with Crippen molar-refractivity contribution >= 4 is 17.6 Å². The van der Waals surface area contributed by atoms with E-state index in [9.17, 15) is 0 Å². The van der Waals surface area contributed by atoms with E-state index in [1.807, 2.05) is 44.3 Å².